The third kappa shape index (κ3) is 1.09. The van der Waals surface area contributed by atoms with E-state index < -0.39 is 0 Å². The van der Waals surface area contributed by atoms with E-state index >= 15 is 0 Å². The summed E-state index contributed by atoms with van der Waals surface area (Å²) in [7, 11) is 0. The summed E-state index contributed by atoms with van der Waals surface area (Å²) < 4.78 is 5.26. The zero-order valence-corrected chi connectivity index (χ0v) is 6.74. The first-order valence-electron chi connectivity index (χ1n) is 3.93. The summed E-state index contributed by atoms with van der Waals surface area (Å²) in [5.41, 5.74) is 0.148. The lowest BCUT2D eigenvalue weighted by Crippen LogP contribution is -1.88. The molecule has 0 aromatic carbocycles. The minimum Gasteiger partial charge on any atom is -0.459 e. The minimum absolute atomic E-state index is 0.148. The van der Waals surface area contributed by atoms with Crippen LogP contribution in [0.5, 0.6) is 0 Å². The van der Waals surface area contributed by atoms with Gasteiger partial charge in [-0.2, -0.15) is 0 Å². The van der Waals surface area contributed by atoms with Gasteiger partial charge in [0.15, 0.2) is 5.76 Å². The van der Waals surface area contributed by atoms with E-state index in [9.17, 15) is 10.1 Å². The number of hydrogen-bond acceptors (Lipinski definition) is 3. The van der Waals surface area contributed by atoms with Gasteiger partial charge in [0.25, 0.3) is 0 Å². The van der Waals surface area contributed by atoms with Gasteiger partial charge < -0.3 is 4.42 Å². The van der Waals surface area contributed by atoms with Crippen molar-refractivity contribution in [1.29, 1.82) is 0 Å². The molecule has 64 valence electrons. The summed E-state index contributed by atoms with van der Waals surface area (Å²) in [6.07, 6.45) is 2.04. The molecule has 0 bridgehead atoms. The summed E-state index contributed by atoms with van der Waals surface area (Å²) in [5.74, 6) is 1.50. The lowest BCUT2D eigenvalue weighted by Gasteiger charge is -1.89. The Morgan fingerprint density at radius 2 is 2.33 bits per heavy atom. The molecule has 0 radical (unpaired) electrons. The van der Waals surface area contributed by atoms with E-state index in [1.165, 1.54) is 6.07 Å². The van der Waals surface area contributed by atoms with E-state index in [-0.39, 0.29) is 10.6 Å². The maximum atomic E-state index is 10.5. The topological polar surface area (TPSA) is 56.3 Å². The first-order chi connectivity index (χ1) is 5.68. The number of hydrogen-bond donors (Lipinski definition) is 0. The Hall–Kier alpha value is -1.32. The Labute approximate surface area is 69.3 Å². The summed E-state index contributed by atoms with van der Waals surface area (Å²) in [6.45, 7) is 1.74. The molecule has 0 spiro atoms. The van der Waals surface area contributed by atoms with Crippen LogP contribution in [0.15, 0.2) is 10.5 Å². The highest BCUT2D eigenvalue weighted by atomic mass is 16.6. The second-order valence-electron chi connectivity index (χ2n) is 3.14. The van der Waals surface area contributed by atoms with Crippen LogP contribution in [-0.2, 0) is 0 Å². The highest BCUT2D eigenvalue weighted by Crippen LogP contribution is 2.45. The highest BCUT2D eigenvalue weighted by Gasteiger charge is 2.34. The van der Waals surface area contributed by atoms with Crippen molar-refractivity contribution in [3.05, 3.63) is 27.7 Å². The van der Waals surface area contributed by atoms with Crippen LogP contribution in [0.25, 0.3) is 0 Å². The highest BCUT2D eigenvalue weighted by molar-refractivity contribution is 5.39. The molecule has 0 atom stereocenters. The molecule has 0 unspecified atom stereocenters. The lowest BCUT2D eigenvalue weighted by atomic mass is 10.3. The van der Waals surface area contributed by atoms with Crippen molar-refractivity contribution in [2.24, 2.45) is 0 Å². The van der Waals surface area contributed by atoms with E-state index in [0.717, 1.165) is 12.8 Å². The van der Waals surface area contributed by atoms with Crippen LogP contribution in [0.2, 0.25) is 0 Å². The summed E-state index contributed by atoms with van der Waals surface area (Å²) in [5, 5.41) is 10.5. The number of rotatable bonds is 2. The van der Waals surface area contributed by atoms with Crippen molar-refractivity contribution in [1.82, 2.24) is 0 Å². The molecule has 4 heteroatoms. The molecular weight excluding hydrogens is 158 g/mol. The van der Waals surface area contributed by atoms with Gasteiger partial charge in [-0.1, -0.05) is 0 Å². The third-order valence-electron chi connectivity index (χ3n) is 2.01. The first kappa shape index (κ1) is 7.34. The Kier molecular flexibility index (Phi) is 1.43. The van der Waals surface area contributed by atoms with Crippen molar-refractivity contribution in [3.8, 4) is 0 Å². The molecule has 4 nitrogen and oxygen atoms in total. The molecule has 1 saturated carbocycles. The van der Waals surface area contributed by atoms with Gasteiger partial charge in [0, 0.05) is 5.92 Å². The van der Waals surface area contributed by atoms with Crippen LogP contribution in [0.3, 0.4) is 0 Å². The largest absolute Gasteiger partial charge is 0.459 e. The van der Waals surface area contributed by atoms with E-state index in [0.29, 0.717) is 17.4 Å². The van der Waals surface area contributed by atoms with Gasteiger partial charge in [0.05, 0.1) is 11.0 Å². The first-order valence-corrected chi connectivity index (χ1v) is 3.93. The Morgan fingerprint density at radius 3 is 2.83 bits per heavy atom. The second-order valence-corrected chi connectivity index (χ2v) is 3.14. The van der Waals surface area contributed by atoms with Crippen molar-refractivity contribution in [2.45, 2.75) is 25.7 Å². The van der Waals surface area contributed by atoms with E-state index in [4.69, 9.17) is 4.42 Å². The number of furan rings is 1. The summed E-state index contributed by atoms with van der Waals surface area (Å²) in [4.78, 5) is 10.1. The fourth-order valence-corrected chi connectivity index (χ4v) is 1.30. The number of aryl methyl sites for hydroxylation is 1. The van der Waals surface area contributed by atoms with Gasteiger partial charge in [-0.25, -0.2) is 0 Å². The molecule has 2 rings (SSSR count). The fourth-order valence-electron chi connectivity index (χ4n) is 1.30. The predicted molar refractivity (Wildman–Crippen MR) is 42.1 cm³/mol. The Balaban J connectivity index is 2.43. The molecular formula is C8H9NO3. The molecule has 1 aromatic rings. The Morgan fingerprint density at radius 1 is 1.67 bits per heavy atom. The average molecular weight is 167 g/mol. The number of nitrogens with zero attached hydrogens (tertiary/aromatic N) is 1. The Bertz CT molecular complexity index is 325. The van der Waals surface area contributed by atoms with Crippen LogP contribution < -0.4 is 0 Å². The second kappa shape index (κ2) is 2.33. The monoisotopic (exact) mass is 167 g/mol. The molecule has 1 aliphatic rings. The van der Waals surface area contributed by atoms with Crippen LogP contribution in [0.1, 0.15) is 30.3 Å². The maximum Gasteiger partial charge on any atom is 0.310 e. The number of nitro groups is 1. The molecule has 0 saturated heterocycles. The van der Waals surface area contributed by atoms with Gasteiger partial charge in [-0.05, 0) is 19.8 Å². The zero-order chi connectivity index (χ0) is 8.72. The maximum absolute atomic E-state index is 10.5. The lowest BCUT2D eigenvalue weighted by molar-refractivity contribution is -0.386. The quantitative estimate of drug-likeness (QED) is 0.501. The average Bonchev–Trinajstić information content (AvgIpc) is 2.75. The molecule has 0 amide bonds. The van der Waals surface area contributed by atoms with Crippen LogP contribution in [0.4, 0.5) is 5.69 Å². The third-order valence-corrected chi connectivity index (χ3v) is 2.01. The van der Waals surface area contributed by atoms with E-state index in [1.54, 1.807) is 6.92 Å². The molecule has 1 fully saturated rings. The summed E-state index contributed by atoms with van der Waals surface area (Å²) in [6, 6.07) is 1.49. The molecule has 1 aliphatic carbocycles. The molecule has 0 aliphatic heterocycles. The predicted octanol–water partition coefficient (Wildman–Crippen LogP) is 2.37. The molecule has 0 N–H and O–H groups in total. The molecule has 1 heterocycles. The molecule has 1 aromatic heterocycles. The normalized spacial score (nSPS) is 16.4. The van der Waals surface area contributed by atoms with Crippen LogP contribution in [-0.4, -0.2) is 4.92 Å². The van der Waals surface area contributed by atoms with Crippen LogP contribution in [0, 0.1) is 17.0 Å². The van der Waals surface area contributed by atoms with Gasteiger partial charge >= 0.3 is 5.69 Å². The SMILES string of the molecule is Cc1cc([N+](=O)[O-])c(C2CC2)o1. The van der Waals surface area contributed by atoms with Crippen molar-refractivity contribution >= 4 is 5.69 Å². The van der Waals surface area contributed by atoms with Crippen molar-refractivity contribution in [3.63, 3.8) is 0 Å². The van der Waals surface area contributed by atoms with Crippen LogP contribution >= 0.6 is 0 Å². The van der Waals surface area contributed by atoms with Gasteiger partial charge in [0.2, 0.25) is 0 Å². The van der Waals surface area contributed by atoms with Gasteiger partial charge in [-0.3, -0.25) is 10.1 Å². The van der Waals surface area contributed by atoms with Crippen molar-refractivity contribution in [2.75, 3.05) is 0 Å². The standard InChI is InChI=1S/C8H9NO3/c1-5-4-7(9(10)11)8(12-5)6-2-3-6/h4,6H,2-3H2,1H3. The van der Waals surface area contributed by atoms with E-state index in [1.807, 2.05) is 0 Å². The smallest absolute Gasteiger partial charge is 0.310 e. The molecule has 12 heavy (non-hydrogen) atoms. The van der Waals surface area contributed by atoms with Crippen molar-refractivity contribution < 1.29 is 9.34 Å². The van der Waals surface area contributed by atoms with E-state index in [2.05, 4.69) is 0 Å². The van der Waals surface area contributed by atoms with Gasteiger partial charge in [0.1, 0.15) is 5.76 Å². The minimum atomic E-state index is -0.371. The van der Waals surface area contributed by atoms with Gasteiger partial charge in [-0.15, -0.1) is 0 Å². The summed E-state index contributed by atoms with van der Waals surface area (Å²) >= 11 is 0. The fraction of sp³-hybridized carbons (Fsp3) is 0.500. The zero-order valence-electron chi connectivity index (χ0n) is 6.74.